The number of nitrogens with one attached hydrogen (secondary N) is 1. The lowest BCUT2D eigenvalue weighted by Crippen LogP contribution is -2.14. The molecule has 1 N–H and O–H groups in total. The third-order valence-corrected chi connectivity index (χ3v) is 13.2. The first-order chi connectivity index (χ1) is 27.2. The summed E-state index contributed by atoms with van der Waals surface area (Å²) in [5.74, 6) is 0. The molecule has 2 aliphatic carbocycles. The van der Waals surface area contributed by atoms with Crippen LogP contribution in [-0.2, 0) is 10.8 Å². The largest absolute Gasteiger partial charge is 0.455 e. The number of rotatable bonds is 3. The zero-order chi connectivity index (χ0) is 37.5. The molecule has 0 spiro atoms. The van der Waals surface area contributed by atoms with Crippen LogP contribution in [0.2, 0.25) is 0 Å². The third kappa shape index (κ3) is 4.27. The normalized spacial score (nSPS) is 14.7. The highest BCUT2D eigenvalue weighted by atomic mass is 16.3. The van der Waals surface area contributed by atoms with Crippen molar-refractivity contribution < 1.29 is 4.42 Å². The Morgan fingerprint density at radius 2 is 0.875 bits per heavy atom. The molecule has 0 radical (unpaired) electrons. The average Bonchev–Trinajstić information content (AvgIpc) is 3.92. The second kappa shape index (κ2) is 11.0. The van der Waals surface area contributed by atoms with E-state index < -0.39 is 0 Å². The van der Waals surface area contributed by atoms with Crippen molar-refractivity contribution in [3.05, 3.63) is 180 Å². The van der Waals surface area contributed by atoms with E-state index in [4.69, 9.17) is 4.42 Å². The molecular weight excluding hydrogens is 679 g/mol. The van der Waals surface area contributed by atoms with Crippen LogP contribution in [0.15, 0.2) is 162 Å². The van der Waals surface area contributed by atoms with Gasteiger partial charge in [-0.1, -0.05) is 131 Å². The SMILES string of the molecule is CC1(C)c2ccccc2-c2ccc(-c3ccc4oc5c(-c6ccc7[nH]c8ccccc8c7c6)cc(-c6ccc7c(c6)C(C)(C)c6ccccc6-7)cc5c4c3)cc21. The first kappa shape index (κ1) is 31.7. The van der Waals surface area contributed by atoms with Crippen LogP contribution in [0.4, 0.5) is 0 Å². The summed E-state index contributed by atoms with van der Waals surface area (Å²) in [5, 5.41) is 4.71. The Labute approximate surface area is 326 Å². The van der Waals surface area contributed by atoms with Crippen LogP contribution < -0.4 is 0 Å². The molecule has 0 unspecified atom stereocenters. The van der Waals surface area contributed by atoms with Crippen LogP contribution in [0.25, 0.3) is 99.4 Å². The minimum Gasteiger partial charge on any atom is -0.455 e. The van der Waals surface area contributed by atoms with Gasteiger partial charge in [0.1, 0.15) is 11.2 Å². The number of hydrogen-bond donors (Lipinski definition) is 1. The predicted octanol–water partition coefficient (Wildman–Crippen LogP) is 14.8. The zero-order valence-corrected chi connectivity index (χ0v) is 31.9. The van der Waals surface area contributed by atoms with E-state index in [1.54, 1.807) is 0 Å². The topological polar surface area (TPSA) is 28.9 Å². The molecular formula is C54H39NO. The number of aromatic amines is 1. The van der Waals surface area contributed by atoms with Crippen molar-refractivity contribution in [3.63, 3.8) is 0 Å². The van der Waals surface area contributed by atoms with E-state index in [2.05, 4.69) is 190 Å². The zero-order valence-electron chi connectivity index (χ0n) is 31.9. The maximum Gasteiger partial charge on any atom is 0.143 e. The summed E-state index contributed by atoms with van der Waals surface area (Å²) in [6, 6.07) is 58.6. The molecule has 0 amide bonds. The molecule has 0 atom stereocenters. The van der Waals surface area contributed by atoms with Crippen molar-refractivity contribution in [2.75, 3.05) is 0 Å². The van der Waals surface area contributed by atoms with Gasteiger partial charge in [0.15, 0.2) is 0 Å². The molecule has 2 heterocycles. The van der Waals surface area contributed by atoms with Gasteiger partial charge in [-0.05, 0) is 127 Å². The van der Waals surface area contributed by atoms with E-state index in [1.807, 2.05) is 0 Å². The Hall–Kier alpha value is -6.64. The van der Waals surface area contributed by atoms with Gasteiger partial charge in [0.05, 0.1) is 0 Å². The van der Waals surface area contributed by atoms with Gasteiger partial charge in [-0.15, -0.1) is 0 Å². The maximum absolute atomic E-state index is 6.89. The molecule has 2 aliphatic rings. The van der Waals surface area contributed by atoms with Gasteiger partial charge in [0.25, 0.3) is 0 Å². The number of para-hydroxylation sites is 1. The van der Waals surface area contributed by atoms with Gasteiger partial charge >= 0.3 is 0 Å². The van der Waals surface area contributed by atoms with Crippen molar-refractivity contribution in [1.29, 1.82) is 0 Å². The Bertz CT molecular complexity index is 3310. The average molecular weight is 718 g/mol. The molecule has 0 saturated carbocycles. The quantitative estimate of drug-likeness (QED) is 0.194. The monoisotopic (exact) mass is 717 g/mol. The Morgan fingerprint density at radius 3 is 1.59 bits per heavy atom. The van der Waals surface area contributed by atoms with Crippen molar-refractivity contribution in [2.45, 2.75) is 38.5 Å². The Kier molecular flexibility index (Phi) is 6.22. The first-order valence-electron chi connectivity index (χ1n) is 19.7. The van der Waals surface area contributed by atoms with Crippen LogP contribution in [0.3, 0.4) is 0 Å². The number of H-pyrrole nitrogens is 1. The fourth-order valence-corrected chi connectivity index (χ4v) is 10.2. The summed E-state index contributed by atoms with van der Waals surface area (Å²) < 4.78 is 6.89. The molecule has 266 valence electrons. The van der Waals surface area contributed by atoms with Crippen LogP contribution >= 0.6 is 0 Å². The smallest absolute Gasteiger partial charge is 0.143 e. The van der Waals surface area contributed by atoms with Crippen molar-refractivity contribution in [3.8, 4) is 55.6 Å². The number of benzene rings is 8. The van der Waals surface area contributed by atoms with Gasteiger partial charge in [0, 0.05) is 49.0 Å². The fourth-order valence-electron chi connectivity index (χ4n) is 10.2. The van der Waals surface area contributed by atoms with Crippen molar-refractivity contribution in [2.24, 2.45) is 0 Å². The van der Waals surface area contributed by atoms with E-state index in [-0.39, 0.29) is 10.8 Å². The van der Waals surface area contributed by atoms with Crippen LogP contribution in [0.1, 0.15) is 49.9 Å². The molecule has 2 aromatic heterocycles. The lowest BCUT2D eigenvalue weighted by Gasteiger charge is -2.22. The van der Waals surface area contributed by atoms with Crippen LogP contribution in [0.5, 0.6) is 0 Å². The van der Waals surface area contributed by atoms with Gasteiger partial charge in [0.2, 0.25) is 0 Å². The second-order valence-corrected chi connectivity index (χ2v) is 17.0. The van der Waals surface area contributed by atoms with E-state index >= 15 is 0 Å². The first-order valence-corrected chi connectivity index (χ1v) is 19.7. The summed E-state index contributed by atoms with van der Waals surface area (Å²) in [4.78, 5) is 3.62. The molecule has 0 bridgehead atoms. The molecule has 0 saturated heterocycles. The van der Waals surface area contributed by atoms with E-state index in [0.717, 1.165) is 44.1 Å². The Balaban J connectivity index is 1.07. The number of aromatic nitrogens is 1. The summed E-state index contributed by atoms with van der Waals surface area (Å²) in [7, 11) is 0. The molecule has 12 rings (SSSR count). The van der Waals surface area contributed by atoms with E-state index in [0.29, 0.717) is 0 Å². The van der Waals surface area contributed by atoms with Gasteiger partial charge in [-0.3, -0.25) is 0 Å². The minimum absolute atomic E-state index is 0.0597. The molecule has 8 aromatic carbocycles. The van der Waals surface area contributed by atoms with E-state index in [9.17, 15) is 0 Å². The van der Waals surface area contributed by atoms with Gasteiger partial charge in [-0.25, -0.2) is 0 Å². The lowest BCUT2D eigenvalue weighted by atomic mass is 9.81. The standard InChI is InChI=1S/C54H39NO/c1-53(2)45-14-8-5-11-36(45)38-21-17-32(29-47(38)53)31-20-24-51-43(25-31)44-28-35(33-18-22-39-37-12-6-9-15-46(37)54(3,4)48(39)30-33)27-41(52(44)56-51)34-19-23-50-42(26-34)40-13-7-10-16-49(40)55-50/h5-30,55H,1-4H3. The molecule has 2 heteroatoms. The van der Waals surface area contributed by atoms with Crippen molar-refractivity contribution in [1.82, 2.24) is 4.98 Å². The predicted molar refractivity (Wildman–Crippen MR) is 235 cm³/mol. The number of furan rings is 1. The highest BCUT2D eigenvalue weighted by molar-refractivity contribution is 6.14. The molecule has 56 heavy (non-hydrogen) atoms. The maximum atomic E-state index is 6.89. The minimum atomic E-state index is -0.0850. The van der Waals surface area contributed by atoms with Crippen LogP contribution in [-0.4, -0.2) is 4.98 Å². The summed E-state index contributed by atoms with van der Waals surface area (Å²) in [6.07, 6.45) is 0. The molecule has 2 nitrogen and oxygen atoms in total. The second-order valence-electron chi connectivity index (χ2n) is 17.0. The third-order valence-electron chi connectivity index (χ3n) is 13.2. The van der Waals surface area contributed by atoms with E-state index in [1.165, 1.54) is 77.5 Å². The number of fused-ring (bicyclic) bond motifs is 12. The fraction of sp³-hybridized carbons (Fsp3) is 0.111. The molecule has 10 aromatic rings. The lowest BCUT2D eigenvalue weighted by molar-refractivity contribution is 0.660. The summed E-state index contributed by atoms with van der Waals surface area (Å²) >= 11 is 0. The molecule has 0 aliphatic heterocycles. The van der Waals surface area contributed by atoms with Crippen molar-refractivity contribution >= 4 is 43.7 Å². The summed E-state index contributed by atoms with van der Waals surface area (Å²) in [6.45, 7) is 9.42. The Morgan fingerprint density at radius 1 is 0.357 bits per heavy atom. The number of hydrogen-bond acceptors (Lipinski definition) is 1. The van der Waals surface area contributed by atoms with Gasteiger partial charge in [-0.2, -0.15) is 0 Å². The highest BCUT2D eigenvalue weighted by Gasteiger charge is 2.36. The van der Waals surface area contributed by atoms with Gasteiger partial charge < -0.3 is 9.40 Å². The van der Waals surface area contributed by atoms with Crippen LogP contribution in [0, 0.1) is 0 Å². The molecule has 0 fully saturated rings. The summed E-state index contributed by atoms with van der Waals surface area (Å²) in [5.41, 5.74) is 21.9. The highest BCUT2D eigenvalue weighted by Crippen LogP contribution is 2.52.